The molecular weight excluding hydrogens is 192 g/mol. The van der Waals surface area contributed by atoms with E-state index in [1.165, 1.54) is 0 Å². The fraction of sp³-hybridized carbons (Fsp3) is 0.500. The first-order valence-corrected chi connectivity index (χ1v) is 5.04. The van der Waals surface area contributed by atoms with Crippen LogP contribution in [0.2, 0.25) is 0 Å². The second-order valence-corrected chi connectivity index (χ2v) is 3.91. The minimum Gasteiger partial charge on any atom is -0.462 e. The molecule has 0 radical (unpaired) electrons. The van der Waals surface area contributed by atoms with Crippen molar-refractivity contribution in [2.75, 3.05) is 14.2 Å². The maximum atomic E-state index is 5.80. The van der Waals surface area contributed by atoms with Crippen LogP contribution in [0.5, 0.6) is 5.75 Å². The average molecular weight is 208 g/mol. The van der Waals surface area contributed by atoms with Gasteiger partial charge in [0.2, 0.25) is 5.79 Å². The molecule has 0 amide bonds. The summed E-state index contributed by atoms with van der Waals surface area (Å²) in [6.07, 6.45) is 0.747. The Morgan fingerprint density at radius 2 is 2.07 bits per heavy atom. The summed E-state index contributed by atoms with van der Waals surface area (Å²) in [5, 5.41) is 0. The fourth-order valence-electron chi connectivity index (χ4n) is 1.90. The Labute approximate surface area is 90.0 Å². The van der Waals surface area contributed by atoms with E-state index in [-0.39, 0.29) is 6.10 Å². The molecule has 15 heavy (non-hydrogen) atoms. The first kappa shape index (κ1) is 10.5. The van der Waals surface area contributed by atoms with Crippen LogP contribution in [-0.4, -0.2) is 20.0 Å². The maximum Gasteiger partial charge on any atom is 0.210 e. The number of ether oxygens (including phenoxy) is 3. The lowest BCUT2D eigenvalue weighted by atomic mass is 9.97. The number of fused-ring (bicyclic) bond motifs is 1. The molecule has 0 aliphatic carbocycles. The third kappa shape index (κ3) is 1.85. The Balaban J connectivity index is 2.38. The van der Waals surface area contributed by atoms with Crippen LogP contribution >= 0.6 is 0 Å². The summed E-state index contributed by atoms with van der Waals surface area (Å²) >= 11 is 0. The molecule has 3 nitrogen and oxygen atoms in total. The van der Waals surface area contributed by atoms with Crippen LogP contribution in [0.3, 0.4) is 0 Å². The van der Waals surface area contributed by atoms with Gasteiger partial charge in [0.05, 0.1) is 6.10 Å². The molecule has 1 aliphatic rings. The number of methoxy groups -OCH3 is 2. The molecule has 82 valence electrons. The lowest BCUT2D eigenvalue weighted by Gasteiger charge is -2.37. The quantitative estimate of drug-likeness (QED) is 0.747. The molecule has 0 saturated heterocycles. The van der Waals surface area contributed by atoms with E-state index < -0.39 is 5.79 Å². The van der Waals surface area contributed by atoms with Gasteiger partial charge in [-0.05, 0) is 6.07 Å². The van der Waals surface area contributed by atoms with Gasteiger partial charge in [-0.3, -0.25) is 0 Å². The smallest absolute Gasteiger partial charge is 0.210 e. The van der Waals surface area contributed by atoms with Crippen molar-refractivity contribution in [1.29, 1.82) is 0 Å². The summed E-state index contributed by atoms with van der Waals surface area (Å²) in [5.41, 5.74) is 1.09. The molecule has 3 heteroatoms. The van der Waals surface area contributed by atoms with Crippen molar-refractivity contribution in [2.45, 2.75) is 25.2 Å². The Morgan fingerprint density at radius 3 is 2.73 bits per heavy atom. The van der Waals surface area contributed by atoms with Crippen molar-refractivity contribution in [3.8, 4) is 5.75 Å². The van der Waals surface area contributed by atoms with Crippen LogP contribution in [0.25, 0.3) is 0 Å². The zero-order valence-corrected chi connectivity index (χ0v) is 9.32. The zero-order chi connectivity index (χ0) is 10.9. The molecule has 0 aromatic heterocycles. The van der Waals surface area contributed by atoms with Gasteiger partial charge in [0.25, 0.3) is 0 Å². The molecule has 1 heterocycles. The van der Waals surface area contributed by atoms with E-state index in [1.807, 2.05) is 31.2 Å². The van der Waals surface area contributed by atoms with Gasteiger partial charge in [0, 0.05) is 33.1 Å². The van der Waals surface area contributed by atoms with Crippen LogP contribution in [0.1, 0.15) is 25.0 Å². The van der Waals surface area contributed by atoms with Gasteiger partial charge in [-0.2, -0.15) is 0 Å². The summed E-state index contributed by atoms with van der Waals surface area (Å²) < 4.78 is 16.6. The highest BCUT2D eigenvalue weighted by molar-refractivity contribution is 5.37. The minimum absolute atomic E-state index is 0.0416. The first-order chi connectivity index (χ1) is 7.18. The first-order valence-electron chi connectivity index (χ1n) is 5.04. The lowest BCUT2D eigenvalue weighted by molar-refractivity contribution is -0.184. The highest BCUT2D eigenvalue weighted by Gasteiger charge is 2.37. The van der Waals surface area contributed by atoms with E-state index in [0.29, 0.717) is 6.42 Å². The molecule has 1 aliphatic heterocycles. The molecule has 2 rings (SSSR count). The fourth-order valence-corrected chi connectivity index (χ4v) is 1.90. The molecule has 0 saturated carbocycles. The number of rotatable bonds is 2. The molecule has 0 fully saturated rings. The highest BCUT2D eigenvalue weighted by Crippen LogP contribution is 2.41. The van der Waals surface area contributed by atoms with Crippen molar-refractivity contribution in [1.82, 2.24) is 0 Å². The standard InChI is InChI=1S/C12H16O3/c1-12(14-3)8-11(13-2)9-6-4-5-7-10(9)15-12/h4-7,11H,8H2,1-3H3. The summed E-state index contributed by atoms with van der Waals surface area (Å²) in [6, 6.07) is 7.91. The molecule has 2 unspecified atom stereocenters. The van der Waals surface area contributed by atoms with Gasteiger partial charge < -0.3 is 14.2 Å². The summed E-state index contributed by atoms with van der Waals surface area (Å²) in [5.74, 6) is 0.259. The van der Waals surface area contributed by atoms with Gasteiger partial charge in [-0.15, -0.1) is 0 Å². The minimum atomic E-state index is -0.588. The van der Waals surface area contributed by atoms with Crippen LogP contribution in [0.4, 0.5) is 0 Å². The molecule has 2 atom stereocenters. The van der Waals surface area contributed by atoms with Crippen LogP contribution in [-0.2, 0) is 9.47 Å². The Hall–Kier alpha value is -1.06. The third-order valence-electron chi connectivity index (χ3n) is 2.86. The predicted molar refractivity (Wildman–Crippen MR) is 56.9 cm³/mol. The van der Waals surface area contributed by atoms with Crippen molar-refractivity contribution >= 4 is 0 Å². The number of hydrogen-bond acceptors (Lipinski definition) is 3. The van der Waals surface area contributed by atoms with Crippen LogP contribution < -0.4 is 4.74 Å². The summed E-state index contributed by atoms with van der Waals surface area (Å²) in [6.45, 7) is 1.93. The largest absolute Gasteiger partial charge is 0.462 e. The summed E-state index contributed by atoms with van der Waals surface area (Å²) in [7, 11) is 3.36. The maximum absolute atomic E-state index is 5.80. The van der Waals surface area contributed by atoms with Crippen molar-refractivity contribution in [3.63, 3.8) is 0 Å². The van der Waals surface area contributed by atoms with Gasteiger partial charge in [-0.25, -0.2) is 0 Å². The van der Waals surface area contributed by atoms with E-state index in [2.05, 4.69) is 0 Å². The van der Waals surface area contributed by atoms with Crippen molar-refractivity contribution in [2.24, 2.45) is 0 Å². The second kappa shape index (κ2) is 3.83. The zero-order valence-electron chi connectivity index (χ0n) is 9.32. The van der Waals surface area contributed by atoms with E-state index in [9.17, 15) is 0 Å². The average Bonchev–Trinajstić information content (AvgIpc) is 2.28. The Morgan fingerprint density at radius 1 is 1.33 bits per heavy atom. The molecule has 0 spiro atoms. The van der Waals surface area contributed by atoms with E-state index >= 15 is 0 Å². The number of para-hydroxylation sites is 1. The van der Waals surface area contributed by atoms with Crippen LogP contribution in [0.15, 0.2) is 24.3 Å². The molecule has 1 aromatic carbocycles. The molecular formula is C12H16O3. The van der Waals surface area contributed by atoms with Crippen molar-refractivity contribution < 1.29 is 14.2 Å². The van der Waals surface area contributed by atoms with Crippen molar-refractivity contribution in [3.05, 3.63) is 29.8 Å². The molecule has 0 N–H and O–H groups in total. The van der Waals surface area contributed by atoms with Gasteiger partial charge >= 0.3 is 0 Å². The SMILES string of the molecule is COC1CC(C)(OC)Oc2ccccc21. The predicted octanol–water partition coefficient (Wildman–Crippen LogP) is 2.52. The van der Waals surface area contributed by atoms with Crippen LogP contribution in [0, 0.1) is 0 Å². The molecule has 0 bridgehead atoms. The van der Waals surface area contributed by atoms with Gasteiger partial charge in [-0.1, -0.05) is 18.2 Å². The highest BCUT2D eigenvalue weighted by atomic mass is 16.7. The number of benzene rings is 1. The normalized spacial score (nSPS) is 29.4. The Bertz CT molecular complexity index is 350. The van der Waals surface area contributed by atoms with E-state index in [4.69, 9.17) is 14.2 Å². The number of hydrogen-bond donors (Lipinski definition) is 0. The van der Waals surface area contributed by atoms with E-state index in [0.717, 1.165) is 11.3 Å². The third-order valence-corrected chi connectivity index (χ3v) is 2.86. The second-order valence-electron chi connectivity index (χ2n) is 3.91. The monoisotopic (exact) mass is 208 g/mol. The molecule has 1 aromatic rings. The summed E-state index contributed by atoms with van der Waals surface area (Å²) in [4.78, 5) is 0. The van der Waals surface area contributed by atoms with Gasteiger partial charge in [0.1, 0.15) is 5.75 Å². The van der Waals surface area contributed by atoms with E-state index in [1.54, 1.807) is 14.2 Å². The lowest BCUT2D eigenvalue weighted by Crippen LogP contribution is -2.40. The van der Waals surface area contributed by atoms with Gasteiger partial charge in [0.15, 0.2) is 0 Å². The Kier molecular flexibility index (Phi) is 2.67. The topological polar surface area (TPSA) is 27.7 Å².